The van der Waals surface area contributed by atoms with Crippen molar-refractivity contribution in [1.82, 2.24) is 4.98 Å². The number of phenolic OH excluding ortho intramolecular Hbond substituents is 1. The minimum Gasteiger partial charge on any atom is -0.504 e. The number of para-hydroxylation sites is 1. The summed E-state index contributed by atoms with van der Waals surface area (Å²) in [5.41, 5.74) is 9.07. The van der Waals surface area contributed by atoms with Crippen molar-refractivity contribution in [3.05, 3.63) is 69.7 Å². The molecular weight excluding hydrogens is 394 g/mol. The molecule has 5 nitrogen and oxygen atoms in total. The Balaban J connectivity index is 1.39. The Morgan fingerprint density at radius 2 is 2.07 bits per heavy atom. The van der Waals surface area contributed by atoms with E-state index in [4.69, 9.17) is 9.72 Å². The molecule has 1 heterocycles. The van der Waals surface area contributed by atoms with E-state index in [0.29, 0.717) is 17.2 Å². The zero-order chi connectivity index (χ0) is 21.3. The molecule has 2 N–H and O–H groups in total. The predicted octanol–water partition coefficient (Wildman–Crippen LogP) is 5.76. The summed E-state index contributed by atoms with van der Waals surface area (Å²) < 4.78 is 5.12. The molecule has 0 radical (unpaired) electrons. The average molecular weight is 422 g/mol. The van der Waals surface area contributed by atoms with Gasteiger partial charge in [-0.25, -0.2) is 4.98 Å². The molecule has 1 aliphatic carbocycles. The number of aryl methyl sites for hydroxylation is 2. The lowest BCUT2D eigenvalue weighted by atomic mass is 9.58. The maximum absolute atomic E-state index is 10.1. The molecule has 4 rings (SSSR count). The van der Waals surface area contributed by atoms with Crippen LogP contribution in [0.1, 0.15) is 53.6 Å². The molecule has 2 aromatic carbocycles. The number of ether oxygens (including phenoxy) is 1. The number of rotatable bonds is 6. The van der Waals surface area contributed by atoms with Crippen LogP contribution in [0.25, 0.3) is 0 Å². The van der Waals surface area contributed by atoms with Crippen LogP contribution >= 0.6 is 11.3 Å². The van der Waals surface area contributed by atoms with Gasteiger partial charge in [0, 0.05) is 16.9 Å². The molecular formula is C24H27N3O2S. The fraction of sp³-hybridized carbons (Fsp3) is 0.333. The van der Waals surface area contributed by atoms with Crippen molar-refractivity contribution in [2.75, 3.05) is 12.5 Å². The largest absolute Gasteiger partial charge is 0.504 e. The summed E-state index contributed by atoms with van der Waals surface area (Å²) in [6, 6.07) is 12.0. The van der Waals surface area contributed by atoms with Gasteiger partial charge in [0.25, 0.3) is 0 Å². The molecule has 1 fully saturated rings. The maximum Gasteiger partial charge on any atom is 0.203 e. The molecule has 0 saturated heterocycles. The number of phenols is 1. The monoisotopic (exact) mass is 421 g/mol. The minimum absolute atomic E-state index is 0.0746. The van der Waals surface area contributed by atoms with Gasteiger partial charge in [0.15, 0.2) is 11.5 Å². The molecule has 1 aromatic heterocycles. The van der Waals surface area contributed by atoms with E-state index in [1.54, 1.807) is 29.7 Å². The van der Waals surface area contributed by atoms with Crippen LogP contribution in [0.2, 0.25) is 0 Å². The summed E-state index contributed by atoms with van der Waals surface area (Å²) in [6.07, 6.45) is 3.79. The van der Waals surface area contributed by atoms with Crippen LogP contribution in [0, 0.1) is 13.8 Å². The Kier molecular flexibility index (Phi) is 5.52. The van der Waals surface area contributed by atoms with Crippen molar-refractivity contribution in [3.63, 3.8) is 0 Å². The summed E-state index contributed by atoms with van der Waals surface area (Å²) in [4.78, 5) is 4.73. The van der Waals surface area contributed by atoms with Crippen LogP contribution in [0.3, 0.4) is 0 Å². The Labute approximate surface area is 181 Å². The van der Waals surface area contributed by atoms with Gasteiger partial charge in [-0.3, -0.25) is 5.43 Å². The maximum atomic E-state index is 10.1. The first kappa shape index (κ1) is 20.4. The van der Waals surface area contributed by atoms with Crippen molar-refractivity contribution < 1.29 is 9.84 Å². The second-order valence-electron chi connectivity index (χ2n) is 8.33. The number of thiazole rings is 1. The topological polar surface area (TPSA) is 66.7 Å². The summed E-state index contributed by atoms with van der Waals surface area (Å²) in [6.45, 7) is 6.73. The quantitative estimate of drug-likeness (QED) is 0.392. The van der Waals surface area contributed by atoms with Crippen LogP contribution in [-0.2, 0) is 5.41 Å². The van der Waals surface area contributed by atoms with Crippen molar-refractivity contribution in [2.24, 2.45) is 5.10 Å². The summed E-state index contributed by atoms with van der Waals surface area (Å²) in [5.74, 6) is 0.978. The number of nitrogens with zero attached hydrogens (tertiary/aromatic N) is 2. The molecule has 3 aromatic rings. The number of anilines is 1. The molecule has 0 unspecified atom stereocenters. The number of benzene rings is 2. The van der Waals surface area contributed by atoms with Crippen LogP contribution in [0.4, 0.5) is 5.13 Å². The highest BCUT2D eigenvalue weighted by Gasteiger charge is 2.43. The van der Waals surface area contributed by atoms with Crippen molar-refractivity contribution in [2.45, 2.75) is 44.9 Å². The molecule has 1 saturated carbocycles. The van der Waals surface area contributed by atoms with Gasteiger partial charge in [-0.1, -0.05) is 36.8 Å². The molecule has 0 spiro atoms. The third-order valence-corrected chi connectivity index (χ3v) is 6.76. The van der Waals surface area contributed by atoms with Crippen molar-refractivity contribution in [1.29, 1.82) is 0 Å². The molecule has 6 heteroatoms. The minimum atomic E-state index is 0.0746. The molecule has 0 aliphatic heterocycles. The van der Waals surface area contributed by atoms with E-state index < -0.39 is 0 Å². The van der Waals surface area contributed by atoms with Crippen molar-refractivity contribution in [3.8, 4) is 11.5 Å². The van der Waals surface area contributed by atoms with Crippen molar-refractivity contribution >= 4 is 22.7 Å². The number of hydrogen-bond acceptors (Lipinski definition) is 6. The molecule has 0 bridgehead atoms. The summed E-state index contributed by atoms with van der Waals surface area (Å²) in [7, 11) is 1.52. The van der Waals surface area contributed by atoms with Gasteiger partial charge in [-0.2, -0.15) is 5.10 Å². The number of methoxy groups -OCH3 is 1. The second kappa shape index (κ2) is 8.11. The Hall–Kier alpha value is -2.86. The fourth-order valence-electron chi connectivity index (χ4n) is 4.33. The van der Waals surface area contributed by atoms with E-state index >= 15 is 0 Å². The van der Waals surface area contributed by atoms with Gasteiger partial charge in [-0.05, 0) is 55.4 Å². The first-order valence-electron chi connectivity index (χ1n) is 10.1. The lowest BCUT2D eigenvalue weighted by molar-refractivity contribution is 0.221. The van der Waals surface area contributed by atoms with E-state index in [-0.39, 0.29) is 11.2 Å². The second-order valence-corrected chi connectivity index (χ2v) is 9.19. The van der Waals surface area contributed by atoms with Gasteiger partial charge >= 0.3 is 0 Å². The third-order valence-electron chi connectivity index (χ3n) is 5.99. The molecule has 0 atom stereocenters. The fourth-order valence-corrected chi connectivity index (χ4v) is 5.07. The number of aromatic hydroxyl groups is 1. The van der Waals surface area contributed by atoms with Crippen LogP contribution < -0.4 is 10.2 Å². The van der Waals surface area contributed by atoms with Crippen LogP contribution in [0.15, 0.2) is 46.9 Å². The Morgan fingerprint density at radius 3 is 2.83 bits per heavy atom. The Morgan fingerprint density at radius 1 is 1.27 bits per heavy atom. The number of hydrazone groups is 1. The smallest absolute Gasteiger partial charge is 0.203 e. The standard InChI is InChI=1S/C24H27N3O2S/c1-15-8-9-16(2)19(10-15)24(3)11-18(12-24)20-14-30-23(26-20)27-25-13-17-6-5-7-21(29-4)22(17)28/h5-10,13-14,18,28H,11-12H2,1-4H3,(H,26,27)/b25-13+. The third kappa shape index (κ3) is 3.92. The number of aromatic nitrogens is 1. The molecule has 1 aliphatic rings. The summed E-state index contributed by atoms with van der Waals surface area (Å²) >= 11 is 1.55. The van der Waals surface area contributed by atoms with Gasteiger partial charge in [0.2, 0.25) is 5.13 Å². The van der Waals surface area contributed by atoms with E-state index in [1.165, 1.54) is 23.8 Å². The van der Waals surface area contributed by atoms with E-state index in [1.807, 2.05) is 6.07 Å². The normalized spacial score (nSPS) is 20.9. The van der Waals surface area contributed by atoms with E-state index in [2.05, 4.69) is 54.9 Å². The first-order valence-corrected chi connectivity index (χ1v) is 11.0. The zero-order valence-corrected chi connectivity index (χ0v) is 18.6. The van der Waals surface area contributed by atoms with Gasteiger partial charge < -0.3 is 9.84 Å². The lowest BCUT2D eigenvalue weighted by Gasteiger charge is -2.46. The molecule has 30 heavy (non-hydrogen) atoms. The first-order chi connectivity index (χ1) is 14.4. The van der Waals surface area contributed by atoms with Crippen LogP contribution in [0.5, 0.6) is 11.5 Å². The predicted molar refractivity (Wildman–Crippen MR) is 123 cm³/mol. The van der Waals surface area contributed by atoms with Crippen LogP contribution in [-0.4, -0.2) is 23.4 Å². The lowest BCUT2D eigenvalue weighted by Crippen LogP contribution is -2.37. The molecule has 0 amide bonds. The highest BCUT2D eigenvalue weighted by atomic mass is 32.1. The SMILES string of the molecule is COc1cccc(/C=N/Nc2nc(C3CC(C)(c4cc(C)ccc4C)C3)cs2)c1O. The Bertz CT molecular complexity index is 1080. The van der Waals surface area contributed by atoms with E-state index in [9.17, 15) is 5.11 Å². The number of nitrogens with one attached hydrogen (secondary N) is 1. The van der Waals surface area contributed by atoms with E-state index in [0.717, 1.165) is 23.7 Å². The zero-order valence-electron chi connectivity index (χ0n) is 17.8. The molecule has 156 valence electrons. The highest BCUT2D eigenvalue weighted by Crippen LogP contribution is 2.53. The van der Waals surface area contributed by atoms with Gasteiger partial charge in [0.1, 0.15) is 0 Å². The average Bonchev–Trinajstić information content (AvgIpc) is 3.17. The highest BCUT2D eigenvalue weighted by molar-refractivity contribution is 7.13. The number of hydrogen-bond donors (Lipinski definition) is 2. The summed E-state index contributed by atoms with van der Waals surface area (Å²) in [5, 5.41) is 17.2. The van der Waals surface area contributed by atoms with Gasteiger partial charge in [-0.15, -0.1) is 11.3 Å². The van der Waals surface area contributed by atoms with Gasteiger partial charge in [0.05, 0.1) is 19.0 Å².